The molecule has 1 fully saturated rings. The van der Waals surface area contributed by atoms with Crippen LogP contribution in [-0.4, -0.2) is 55.8 Å². The van der Waals surface area contributed by atoms with Crippen LogP contribution in [0, 0.1) is 6.92 Å². The maximum atomic E-state index is 13.1. The molecule has 3 aromatic rings. The van der Waals surface area contributed by atoms with Crippen LogP contribution in [0.4, 0.5) is 0 Å². The molecule has 0 bridgehead atoms. The molecule has 0 unspecified atom stereocenters. The number of fused-ring (bicyclic) bond motifs is 1. The highest BCUT2D eigenvalue weighted by Gasteiger charge is 2.30. The Labute approximate surface area is 177 Å². The first-order chi connectivity index (χ1) is 14.3. The number of likely N-dealkylation sites (tertiary alicyclic amines) is 1. The quantitative estimate of drug-likeness (QED) is 0.697. The van der Waals surface area contributed by atoms with Gasteiger partial charge in [-0.25, -0.2) is 8.42 Å². The Hall–Kier alpha value is -2.48. The molecular weight excluding hydrogens is 398 g/mol. The number of pyridine rings is 1. The summed E-state index contributed by atoms with van der Waals surface area (Å²) in [6, 6.07) is 14.4. The topological polar surface area (TPSA) is 73.5 Å². The number of aryl methyl sites for hydroxylation is 1. The second-order valence-electron chi connectivity index (χ2n) is 8.13. The lowest BCUT2D eigenvalue weighted by Crippen LogP contribution is -2.44. The monoisotopic (exact) mass is 425 g/mol. The van der Waals surface area contributed by atoms with Crippen LogP contribution < -0.4 is 5.56 Å². The van der Waals surface area contributed by atoms with Gasteiger partial charge in [0.1, 0.15) is 0 Å². The van der Waals surface area contributed by atoms with Crippen molar-refractivity contribution in [2.24, 2.45) is 0 Å². The van der Waals surface area contributed by atoms with E-state index >= 15 is 0 Å². The highest BCUT2D eigenvalue weighted by molar-refractivity contribution is 7.89. The number of piperidine rings is 1. The van der Waals surface area contributed by atoms with E-state index in [1.807, 2.05) is 25.1 Å². The Bertz CT molecular complexity index is 1220. The largest absolute Gasteiger partial charge is 0.321 e. The number of hydrogen-bond donors (Lipinski definition) is 1. The van der Waals surface area contributed by atoms with E-state index in [0.29, 0.717) is 11.1 Å². The maximum absolute atomic E-state index is 13.1. The molecule has 4 rings (SSSR count). The molecule has 6 nitrogen and oxygen atoms in total. The first-order valence-corrected chi connectivity index (χ1v) is 11.6. The Morgan fingerprint density at radius 2 is 1.70 bits per heavy atom. The molecule has 0 amide bonds. The van der Waals surface area contributed by atoms with Gasteiger partial charge in [-0.05, 0) is 80.7 Å². The molecule has 0 spiro atoms. The number of sulfonamides is 1. The fourth-order valence-electron chi connectivity index (χ4n) is 4.12. The van der Waals surface area contributed by atoms with Crippen molar-refractivity contribution in [3.8, 4) is 11.3 Å². The summed E-state index contributed by atoms with van der Waals surface area (Å²) < 4.78 is 27.7. The Balaban J connectivity index is 1.64. The highest BCUT2D eigenvalue weighted by Crippen LogP contribution is 2.26. The SMILES string of the molecule is Cc1cccc2c(=O)[nH]c(-c3ccc(S(=O)(=O)N(C)C4CCN(C)CC4)cc3)cc12. The van der Waals surface area contributed by atoms with Gasteiger partial charge in [0.2, 0.25) is 10.0 Å². The van der Waals surface area contributed by atoms with E-state index in [2.05, 4.69) is 16.9 Å². The number of H-pyrrole nitrogens is 1. The van der Waals surface area contributed by atoms with E-state index < -0.39 is 10.0 Å². The van der Waals surface area contributed by atoms with Gasteiger partial charge in [-0.3, -0.25) is 4.79 Å². The normalized spacial score (nSPS) is 16.4. The van der Waals surface area contributed by atoms with Gasteiger partial charge in [-0.1, -0.05) is 24.3 Å². The Morgan fingerprint density at radius 3 is 2.37 bits per heavy atom. The zero-order valence-electron chi connectivity index (χ0n) is 17.6. The van der Waals surface area contributed by atoms with E-state index in [1.54, 1.807) is 37.4 Å². The summed E-state index contributed by atoms with van der Waals surface area (Å²) in [7, 11) is 0.165. The van der Waals surface area contributed by atoms with Crippen molar-refractivity contribution >= 4 is 20.8 Å². The summed E-state index contributed by atoms with van der Waals surface area (Å²) in [5.74, 6) is 0. The third-order valence-electron chi connectivity index (χ3n) is 6.15. The summed E-state index contributed by atoms with van der Waals surface area (Å²) >= 11 is 0. The van der Waals surface area contributed by atoms with Crippen molar-refractivity contribution in [3.63, 3.8) is 0 Å². The maximum Gasteiger partial charge on any atom is 0.256 e. The molecule has 1 N–H and O–H groups in total. The summed E-state index contributed by atoms with van der Waals surface area (Å²) in [5, 5.41) is 1.55. The standard InChI is InChI=1S/C23H27N3O3S/c1-16-5-4-6-20-21(16)15-22(24-23(20)27)17-7-9-19(10-8-17)30(28,29)26(3)18-11-13-25(2)14-12-18/h4-10,15,18H,11-14H2,1-3H3,(H,24,27). The predicted molar refractivity (Wildman–Crippen MR) is 120 cm³/mol. The van der Waals surface area contributed by atoms with Crippen LogP contribution in [-0.2, 0) is 10.0 Å². The number of aromatic nitrogens is 1. The van der Waals surface area contributed by atoms with Crippen LogP contribution in [0.3, 0.4) is 0 Å². The summed E-state index contributed by atoms with van der Waals surface area (Å²) in [6.45, 7) is 3.77. The molecule has 0 aliphatic carbocycles. The zero-order valence-corrected chi connectivity index (χ0v) is 18.4. The van der Waals surface area contributed by atoms with Crippen molar-refractivity contribution in [2.75, 3.05) is 27.2 Å². The molecule has 2 heterocycles. The van der Waals surface area contributed by atoms with Crippen LogP contribution in [0.15, 0.2) is 58.2 Å². The summed E-state index contributed by atoms with van der Waals surface area (Å²) in [6.07, 6.45) is 1.67. The van der Waals surface area contributed by atoms with Crippen LogP contribution in [0.5, 0.6) is 0 Å². The molecule has 1 aliphatic rings. The van der Waals surface area contributed by atoms with E-state index in [0.717, 1.165) is 42.4 Å². The predicted octanol–water partition coefficient (Wildman–Crippen LogP) is 3.22. The van der Waals surface area contributed by atoms with Crippen LogP contribution in [0.1, 0.15) is 18.4 Å². The average Bonchev–Trinajstić information content (AvgIpc) is 2.74. The second-order valence-corrected chi connectivity index (χ2v) is 10.1. The van der Waals surface area contributed by atoms with E-state index in [9.17, 15) is 13.2 Å². The van der Waals surface area contributed by atoms with Gasteiger partial charge < -0.3 is 9.88 Å². The molecule has 1 saturated heterocycles. The zero-order chi connectivity index (χ0) is 21.5. The molecule has 30 heavy (non-hydrogen) atoms. The first-order valence-electron chi connectivity index (χ1n) is 10.2. The van der Waals surface area contributed by atoms with E-state index in [4.69, 9.17) is 0 Å². The lowest BCUT2D eigenvalue weighted by Gasteiger charge is -2.34. The smallest absolute Gasteiger partial charge is 0.256 e. The van der Waals surface area contributed by atoms with Gasteiger partial charge >= 0.3 is 0 Å². The fraction of sp³-hybridized carbons (Fsp3) is 0.348. The first kappa shape index (κ1) is 20.8. The molecule has 1 aliphatic heterocycles. The van der Waals surface area contributed by atoms with Crippen molar-refractivity contribution in [1.29, 1.82) is 0 Å². The number of aromatic amines is 1. The van der Waals surface area contributed by atoms with Gasteiger partial charge in [-0.2, -0.15) is 4.31 Å². The summed E-state index contributed by atoms with van der Waals surface area (Å²) in [4.78, 5) is 17.9. The van der Waals surface area contributed by atoms with Crippen LogP contribution in [0.2, 0.25) is 0 Å². The average molecular weight is 426 g/mol. The highest BCUT2D eigenvalue weighted by atomic mass is 32.2. The van der Waals surface area contributed by atoms with E-state index in [-0.39, 0.29) is 16.5 Å². The minimum atomic E-state index is -3.56. The lowest BCUT2D eigenvalue weighted by molar-refractivity contribution is 0.197. The molecule has 1 aromatic heterocycles. The van der Waals surface area contributed by atoms with E-state index in [1.165, 1.54) is 4.31 Å². The lowest BCUT2D eigenvalue weighted by atomic mass is 10.0. The number of benzene rings is 2. The number of nitrogens with zero attached hydrogens (tertiary/aromatic N) is 2. The van der Waals surface area contributed by atoms with Crippen molar-refractivity contribution in [1.82, 2.24) is 14.2 Å². The van der Waals surface area contributed by atoms with Gasteiger partial charge in [0.25, 0.3) is 5.56 Å². The van der Waals surface area contributed by atoms with Gasteiger partial charge in [0.05, 0.1) is 4.90 Å². The van der Waals surface area contributed by atoms with Crippen LogP contribution in [0.25, 0.3) is 22.0 Å². The molecule has 158 valence electrons. The van der Waals surface area contributed by atoms with Crippen molar-refractivity contribution in [3.05, 3.63) is 64.4 Å². The molecule has 7 heteroatoms. The van der Waals surface area contributed by atoms with Gasteiger partial charge in [-0.15, -0.1) is 0 Å². The fourth-order valence-corrected chi connectivity index (χ4v) is 5.54. The minimum absolute atomic E-state index is 0.0192. The van der Waals surface area contributed by atoms with Gasteiger partial charge in [0, 0.05) is 24.2 Å². The molecular formula is C23H27N3O3S. The number of nitrogens with one attached hydrogen (secondary N) is 1. The van der Waals surface area contributed by atoms with Gasteiger partial charge in [0.15, 0.2) is 0 Å². The Morgan fingerprint density at radius 1 is 1.03 bits per heavy atom. The van der Waals surface area contributed by atoms with Crippen molar-refractivity contribution < 1.29 is 8.42 Å². The summed E-state index contributed by atoms with van der Waals surface area (Å²) in [5.41, 5.74) is 2.33. The number of hydrogen-bond acceptors (Lipinski definition) is 4. The minimum Gasteiger partial charge on any atom is -0.321 e. The molecule has 0 saturated carbocycles. The Kier molecular flexibility index (Phi) is 5.53. The second kappa shape index (κ2) is 7.98. The molecule has 2 aromatic carbocycles. The molecule has 0 radical (unpaired) electrons. The van der Waals surface area contributed by atoms with Crippen LogP contribution >= 0.6 is 0 Å². The third kappa shape index (κ3) is 3.80. The number of rotatable bonds is 4. The van der Waals surface area contributed by atoms with Crippen molar-refractivity contribution in [2.45, 2.75) is 30.7 Å². The molecule has 0 atom stereocenters. The third-order valence-corrected chi connectivity index (χ3v) is 8.07.